The van der Waals surface area contributed by atoms with Gasteiger partial charge < -0.3 is 0 Å². The van der Waals surface area contributed by atoms with Gasteiger partial charge in [-0.05, 0) is 44.5 Å². The Morgan fingerprint density at radius 2 is 1.86 bits per heavy atom. The molecule has 4 aromatic rings. The van der Waals surface area contributed by atoms with Gasteiger partial charge in [0.25, 0.3) is 11.6 Å². The summed E-state index contributed by atoms with van der Waals surface area (Å²) in [6.45, 7) is 5.74. The second kappa shape index (κ2) is 9.29. The van der Waals surface area contributed by atoms with Crippen molar-refractivity contribution in [2.75, 3.05) is 5.43 Å². The highest BCUT2D eigenvalue weighted by atomic mass is 19.4. The van der Waals surface area contributed by atoms with Crippen LogP contribution < -0.4 is 10.9 Å². The molecule has 0 bridgehead atoms. The highest BCUT2D eigenvalue weighted by Gasteiger charge is 2.33. The molecule has 0 saturated carbocycles. The number of nitrogens with zero attached hydrogens (tertiary/aromatic N) is 4. The van der Waals surface area contributed by atoms with Gasteiger partial charge in [0.15, 0.2) is 5.65 Å². The van der Waals surface area contributed by atoms with Gasteiger partial charge in [0, 0.05) is 17.7 Å². The summed E-state index contributed by atoms with van der Waals surface area (Å²) in [6.07, 6.45) is -3.25. The summed E-state index contributed by atoms with van der Waals surface area (Å²) in [4.78, 5) is 28.3. The molecular weight excluding hydrogens is 477 g/mol. The van der Waals surface area contributed by atoms with Crippen LogP contribution in [0.3, 0.4) is 0 Å². The van der Waals surface area contributed by atoms with Crippen molar-refractivity contribution in [3.05, 3.63) is 81.5 Å². The molecule has 0 aliphatic rings. The SMILES string of the molecule is Cc1ccccc1-c1cc(C(=O)NNc2ccc(C(F)(F)F)cc2[N+](=O)[O-])c2cnn(C(C)C)c2n1. The molecule has 186 valence electrons. The van der Waals surface area contributed by atoms with Crippen LogP contribution in [0.4, 0.5) is 24.5 Å². The zero-order valence-electron chi connectivity index (χ0n) is 19.4. The van der Waals surface area contributed by atoms with Gasteiger partial charge in [-0.2, -0.15) is 18.3 Å². The predicted octanol–water partition coefficient (Wildman–Crippen LogP) is 5.67. The zero-order valence-corrected chi connectivity index (χ0v) is 19.4. The van der Waals surface area contributed by atoms with Crippen molar-refractivity contribution < 1.29 is 22.9 Å². The van der Waals surface area contributed by atoms with Crippen LogP contribution in [0.25, 0.3) is 22.3 Å². The fraction of sp³-hybridized carbons (Fsp3) is 0.208. The molecule has 2 N–H and O–H groups in total. The third-order valence-electron chi connectivity index (χ3n) is 5.55. The number of alkyl halides is 3. The Hall–Kier alpha value is -4.48. The fourth-order valence-corrected chi connectivity index (χ4v) is 3.74. The molecule has 4 rings (SSSR count). The molecule has 2 aromatic heterocycles. The van der Waals surface area contributed by atoms with Crippen LogP contribution in [0, 0.1) is 17.0 Å². The maximum atomic E-state index is 13.2. The van der Waals surface area contributed by atoms with Crippen molar-refractivity contribution in [1.29, 1.82) is 0 Å². The topological polar surface area (TPSA) is 115 Å². The van der Waals surface area contributed by atoms with Crippen LogP contribution in [0.1, 0.15) is 41.4 Å². The largest absolute Gasteiger partial charge is 0.416 e. The second-order valence-corrected chi connectivity index (χ2v) is 8.36. The van der Waals surface area contributed by atoms with Gasteiger partial charge in [-0.15, -0.1) is 0 Å². The summed E-state index contributed by atoms with van der Waals surface area (Å²) in [5, 5.41) is 16.1. The van der Waals surface area contributed by atoms with Gasteiger partial charge in [-0.25, -0.2) is 9.67 Å². The molecule has 1 amide bonds. The number of rotatable bonds is 6. The first-order valence-corrected chi connectivity index (χ1v) is 10.8. The number of anilines is 1. The minimum Gasteiger partial charge on any atom is -0.292 e. The number of benzene rings is 2. The smallest absolute Gasteiger partial charge is 0.292 e. The highest BCUT2D eigenvalue weighted by molar-refractivity contribution is 6.07. The standard InChI is InChI=1S/C24H21F3N6O3/c1-13(2)32-22-18(12-28-32)17(11-20(29-22)16-7-5-4-6-14(16)3)23(34)31-30-19-9-8-15(24(25,26)27)10-21(19)33(35)36/h4-13,30H,1-3H3,(H,31,34). The van der Waals surface area contributed by atoms with Gasteiger partial charge in [-0.1, -0.05) is 24.3 Å². The Bertz CT molecular complexity index is 1480. The van der Waals surface area contributed by atoms with Crippen LogP contribution in [0.5, 0.6) is 0 Å². The molecule has 36 heavy (non-hydrogen) atoms. The summed E-state index contributed by atoms with van der Waals surface area (Å²) in [5.74, 6) is -0.672. The molecule has 0 aliphatic carbocycles. The first-order valence-electron chi connectivity index (χ1n) is 10.8. The Morgan fingerprint density at radius 3 is 2.50 bits per heavy atom. The molecule has 0 atom stereocenters. The summed E-state index contributed by atoms with van der Waals surface area (Å²) in [5.41, 5.74) is 5.34. The maximum absolute atomic E-state index is 13.2. The minimum absolute atomic E-state index is 0.0500. The Balaban J connectivity index is 1.73. The number of hydrogen-bond donors (Lipinski definition) is 2. The number of nitrogens with one attached hydrogen (secondary N) is 2. The lowest BCUT2D eigenvalue weighted by Crippen LogP contribution is -2.30. The third kappa shape index (κ3) is 4.69. The number of carbonyl (C=O) groups excluding carboxylic acids is 1. The summed E-state index contributed by atoms with van der Waals surface area (Å²) in [7, 11) is 0. The lowest BCUT2D eigenvalue weighted by molar-refractivity contribution is -0.384. The van der Waals surface area contributed by atoms with Crippen LogP contribution in [0.2, 0.25) is 0 Å². The average molecular weight is 498 g/mol. The number of amides is 1. The number of nitro benzene ring substituents is 1. The van der Waals surface area contributed by atoms with E-state index in [0.717, 1.165) is 17.2 Å². The van der Waals surface area contributed by atoms with Gasteiger partial charge in [-0.3, -0.25) is 25.8 Å². The molecular formula is C24H21F3N6O3. The summed E-state index contributed by atoms with van der Waals surface area (Å²) in [6, 6.07) is 11.0. The summed E-state index contributed by atoms with van der Waals surface area (Å²) >= 11 is 0. The van der Waals surface area contributed by atoms with Crippen molar-refractivity contribution in [1.82, 2.24) is 20.2 Å². The van der Waals surface area contributed by atoms with E-state index in [1.54, 1.807) is 10.7 Å². The maximum Gasteiger partial charge on any atom is 0.416 e. The zero-order chi connectivity index (χ0) is 26.2. The number of nitro groups is 1. The van der Waals surface area contributed by atoms with E-state index in [2.05, 4.69) is 16.0 Å². The summed E-state index contributed by atoms with van der Waals surface area (Å²) < 4.78 is 40.6. The van der Waals surface area contributed by atoms with E-state index in [4.69, 9.17) is 4.98 Å². The number of halogens is 3. The molecule has 9 nitrogen and oxygen atoms in total. The normalized spacial score (nSPS) is 11.6. The molecule has 12 heteroatoms. The van der Waals surface area contributed by atoms with E-state index in [0.29, 0.717) is 28.9 Å². The highest BCUT2D eigenvalue weighted by Crippen LogP contribution is 2.35. The van der Waals surface area contributed by atoms with Crippen molar-refractivity contribution in [3.63, 3.8) is 0 Å². The quantitative estimate of drug-likeness (QED) is 0.261. The second-order valence-electron chi connectivity index (χ2n) is 8.36. The van der Waals surface area contributed by atoms with Crippen molar-refractivity contribution in [3.8, 4) is 11.3 Å². The number of aromatic nitrogens is 3. The Kier molecular flexibility index (Phi) is 6.35. The third-order valence-corrected chi connectivity index (χ3v) is 5.55. The molecule has 2 aromatic carbocycles. The van der Waals surface area contributed by atoms with E-state index in [1.165, 1.54) is 6.20 Å². The minimum atomic E-state index is -4.75. The van der Waals surface area contributed by atoms with Gasteiger partial charge in [0.2, 0.25) is 0 Å². The molecule has 2 heterocycles. The van der Waals surface area contributed by atoms with Crippen LogP contribution in [-0.4, -0.2) is 25.6 Å². The van der Waals surface area contributed by atoms with E-state index < -0.39 is 28.3 Å². The van der Waals surface area contributed by atoms with E-state index in [-0.39, 0.29) is 17.3 Å². The van der Waals surface area contributed by atoms with E-state index >= 15 is 0 Å². The predicted molar refractivity (Wildman–Crippen MR) is 127 cm³/mol. The molecule has 0 unspecified atom stereocenters. The Morgan fingerprint density at radius 1 is 1.14 bits per heavy atom. The number of hydrazine groups is 1. The molecule has 0 fully saturated rings. The number of carbonyl (C=O) groups is 1. The fourth-order valence-electron chi connectivity index (χ4n) is 3.74. The molecule has 0 aliphatic heterocycles. The first-order chi connectivity index (χ1) is 17.0. The van der Waals surface area contributed by atoms with Crippen LogP contribution in [-0.2, 0) is 6.18 Å². The average Bonchev–Trinajstić information content (AvgIpc) is 3.26. The Labute approximate surface area is 203 Å². The van der Waals surface area contributed by atoms with E-state index in [9.17, 15) is 28.1 Å². The van der Waals surface area contributed by atoms with Crippen molar-refractivity contribution >= 4 is 28.3 Å². The number of fused-ring (bicyclic) bond motifs is 1. The molecule has 0 radical (unpaired) electrons. The van der Waals surface area contributed by atoms with Gasteiger partial charge in [0.1, 0.15) is 5.69 Å². The monoisotopic (exact) mass is 498 g/mol. The number of hydrogen-bond acceptors (Lipinski definition) is 6. The van der Waals surface area contributed by atoms with Gasteiger partial charge >= 0.3 is 6.18 Å². The van der Waals surface area contributed by atoms with Gasteiger partial charge in [0.05, 0.1) is 33.3 Å². The lowest BCUT2D eigenvalue weighted by Gasteiger charge is -2.14. The van der Waals surface area contributed by atoms with Crippen LogP contribution in [0.15, 0.2) is 54.7 Å². The number of aryl methyl sites for hydroxylation is 1. The molecule has 0 saturated heterocycles. The van der Waals surface area contributed by atoms with E-state index in [1.807, 2.05) is 45.0 Å². The lowest BCUT2D eigenvalue weighted by atomic mass is 10.0. The number of pyridine rings is 1. The van der Waals surface area contributed by atoms with Crippen molar-refractivity contribution in [2.24, 2.45) is 0 Å². The van der Waals surface area contributed by atoms with Crippen molar-refractivity contribution in [2.45, 2.75) is 33.0 Å². The van der Waals surface area contributed by atoms with Crippen LogP contribution >= 0.6 is 0 Å². The first kappa shape index (κ1) is 24.6. The molecule has 0 spiro atoms.